The second kappa shape index (κ2) is 4.11. The van der Waals surface area contributed by atoms with Crippen LogP contribution in [0.15, 0.2) is 59.5 Å². The van der Waals surface area contributed by atoms with E-state index in [1.54, 1.807) is 6.20 Å². The van der Waals surface area contributed by atoms with Crippen LogP contribution < -0.4 is 5.56 Å². The summed E-state index contributed by atoms with van der Waals surface area (Å²) in [5.74, 6) is 0. The van der Waals surface area contributed by atoms with E-state index in [1.165, 1.54) is 4.68 Å². The average Bonchev–Trinajstić information content (AvgIpc) is 2.41. The van der Waals surface area contributed by atoms with Crippen LogP contribution >= 0.6 is 0 Å². The molecule has 0 bridgehead atoms. The first-order valence-electron chi connectivity index (χ1n) is 5.80. The summed E-state index contributed by atoms with van der Waals surface area (Å²) in [5.41, 5.74) is 1.78. The average molecular weight is 236 g/mol. The van der Waals surface area contributed by atoms with Crippen LogP contribution in [0.5, 0.6) is 0 Å². The first-order valence-corrected chi connectivity index (χ1v) is 5.80. The fraction of sp³-hybridized carbons (Fsp3) is 0.0667. The summed E-state index contributed by atoms with van der Waals surface area (Å²) in [4.78, 5) is 12.4. The SMILES string of the molecule is Cc1ccccc1-n1ncc2ccccc2c1=O. The van der Waals surface area contributed by atoms with Gasteiger partial charge in [-0.1, -0.05) is 36.4 Å². The number of nitrogens with zero attached hydrogens (tertiary/aromatic N) is 2. The molecular formula is C15H12N2O. The molecule has 1 heterocycles. The van der Waals surface area contributed by atoms with Crippen LogP contribution in [-0.2, 0) is 0 Å². The normalized spacial score (nSPS) is 10.7. The molecule has 2 aromatic carbocycles. The Hall–Kier alpha value is -2.42. The third-order valence-electron chi connectivity index (χ3n) is 3.04. The molecule has 3 rings (SSSR count). The van der Waals surface area contributed by atoms with E-state index in [2.05, 4.69) is 5.10 Å². The van der Waals surface area contributed by atoms with Crippen molar-refractivity contribution in [3.63, 3.8) is 0 Å². The van der Waals surface area contributed by atoms with Crippen LogP contribution in [0, 0.1) is 6.92 Å². The summed E-state index contributed by atoms with van der Waals surface area (Å²) in [7, 11) is 0. The maximum Gasteiger partial charge on any atom is 0.279 e. The van der Waals surface area contributed by atoms with Gasteiger partial charge in [0.25, 0.3) is 5.56 Å². The van der Waals surface area contributed by atoms with Gasteiger partial charge in [-0.25, -0.2) is 0 Å². The van der Waals surface area contributed by atoms with Crippen molar-refractivity contribution in [1.82, 2.24) is 9.78 Å². The van der Waals surface area contributed by atoms with E-state index in [-0.39, 0.29) is 5.56 Å². The van der Waals surface area contributed by atoms with Crippen LogP contribution in [0.4, 0.5) is 0 Å². The Kier molecular flexibility index (Phi) is 2.45. The van der Waals surface area contributed by atoms with Crippen molar-refractivity contribution in [2.24, 2.45) is 0 Å². The molecule has 0 amide bonds. The Morgan fingerprint density at radius 2 is 1.72 bits per heavy atom. The van der Waals surface area contributed by atoms with Crippen molar-refractivity contribution in [2.45, 2.75) is 6.92 Å². The molecule has 3 heteroatoms. The molecule has 3 nitrogen and oxygen atoms in total. The van der Waals surface area contributed by atoms with Crippen molar-refractivity contribution in [2.75, 3.05) is 0 Å². The predicted octanol–water partition coefficient (Wildman–Crippen LogP) is 2.69. The number of aryl methyl sites for hydroxylation is 1. The van der Waals surface area contributed by atoms with Gasteiger partial charge in [0.2, 0.25) is 0 Å². The number of hydrogen-bond acceptors (Lipinski definition) is 2. The molecule has 18 heavy (non-hydrogen) atoms. The molecule has 0 aliphatic rings. The molecule has 0 atom stereocenters. The van der Waals surface area contributed by atoms with Gasteiger partial charge in [0.05, 0.1) is 17.3 Å². The van der Waals surface area contributed by atoms with E-state index in [9.17, 15) is 4.79 Å². The summed E-state index contributed by atoms with van der Waals surface area (Å²) < 4.78 is 1.46. The van der Waals surface area contributed by atoms with E-state index in [0.29, 0.717) is 5.39 Å². The monoisotopic (exact) mass is 236 g/mol. The lowest BCUT2D eigenvalue weighted by atomic mass is 10.2. The van der Waals surface area contributed by atoms with E-state index in [4.69, 9.17) is 0 Å². The van der Waals surface area contributed by atoms with Gasteiger partial charge < -0.3 is 0 Å². The second-order valence-corrected chi connectivity index (χ2v) is 4.24. The number of para-hydroxylation sites is 1. The van der Waals surface area contributed by atoms with Crippen molar-refractivity contribution in [3.05, 3.63) is 70.6 Å². The largest absolute Gasteiger partial charge is 0.279 e. The molecule has 0 aliphatic heterocycles. The highest BCUT2D eigenvalue weighted by Crippen LogP contribution is 2.12. The first kappa shape index (κ1) is 10.7. The number of rotatable bonds is 1. The second-order valence-electron chi connectivity index (χ2n) is 4.24. The lowest BCUT2D eigenvalue weighted by Gasteiger charge is -2.08. The van der Waals surface area contributed by atoms with Crippen molar-refractivity contribution in [3.8, 4) is 5.69 Å². The van der Waals surface area contributed by atoms with E-state index >= 15 is 0 Å². The van der Waals surface area contributed by atoms with Gasteiger partial charge >= 0.3 is 0 Å². The third kappa shape index (κ3) is 1.61. The summed E-state index contributed by atoms with van der Waals surface area (Å²) in [6, 6.07) is 15.2. The van der Waals surface area contributed by atoms with Gasteiger partial charge in [0.15, 0.2) is 0 Å². The van der Waals surface area contributed by atoms with Crippen molar-refractivity contribution >= 4 is 10.8 Å². The fourth-order valence-electron chi connectivity index (χ4n) is 2.06. The zero-order valence-corrected chi connectivity index (χ0v) is 10.00. The summed E-state index contributed by atoms with van der Waals surface area (Å²) >= 11 is 0. The van der Waals surface area contributed by atoms with Crippen molar-refractivity contribution in [1.29, 1.82) is 0 Å². The van der Waals surface area contributed by atoms with Crippen molar-refractivity contribution < 1.29 is 0 Å². The van der Waals surface area contributed by atoms with Crippen LogP contribution in [0.1, 0.15) is 5.56 Å². The number of fused-ring (bicyclic) bond motifs is 1. The highest BCUT2D eigenvalue weighted by molar-refractivity contribution is 5.80. The summed E-state index contributed by atoms with van der Waals surface area (Å²) in [6.07, 6.45) is 1.73. The zero-order chi connectivity index (χ0) is 12.5. The van der Waals surface area contributed by atoms with Gasteiger partial charge in [0, 0.05) is 5.39 Å². The molecule has 3 aromatic rings. The smallest absolute Gasteiger partial charge is 0.267 e. The topological polar surface area (TPSA) is 34.9 Å². The molecule has 0 unspecified atom stereocenters. The minimum atomic E-state index is -0.0811. The van der Waals surface area contributed by atoms with Crippen LogP contribution in [0.2, 0.25) is 0 Å². The van der Waals surface area contributed by atoms with Crippen LogP contribution in [0.25, 0.3) is 16.5 Å². The molecule has 0 N–H and O–H groups in total. The number of aromatic nitrogens is 2. The Morgan fingerprint density at radius 3 is 2.56 bits per heavy atom. The highest BCUT2D eigenvalue weighted by atomic mass is 16.1. The maximum atomic E-state index is 12.4. The van der Waals surface area contributed by atoms with Gasteiger partial charge in [-0.2, -0.15) is 9.78 Å². The van der Waals surface area contributed by atoms with Gasteiger partial charge in [-0.05, 0) is 24.6 Å². The molecule has 0 aliphatic carbocycles. The Labute approximate surface area is 104 Å². The zero-order valence-electron chi connectivity index (χ0n) is 10.00. The van der Waals surface area contributed by atoms with Gasteiger partial charge in [-0.3, -0.25) is 4.79 Å². The fourth-order valence-corrected chi connectivity index (χ4v) is 2.06. The summed E-state index contributed by atoms with van der Waals surface area (Å²) in [6.45, 7) is 1.97. The lowest BCUT2D eigenvalue weighted by molar-refractivity contribution is 0.815. The Bertz CT molecular complexity index is 775. The highest BCUT2D eigenvalue weighted by Gasteiger charge is 2.06. The Morgan fingerprint density at radius 1 is 1.00 bits per heavy atom. The first-order chi connectivity index (χ1) is 8.77. The standard InChI is InChI=1S/C15H12N2O/c1-11-6-2-5-9-14(11)17-15(18)13-8-4-3-7-12(13)10-16-17/h2-10H,1H3. The quantitative estimate of drug-likeness (QED) is 0.651. The molecule has 0 fully saturated rings. The summed E-state index contributed by atoms with van der Waals surface area (Å²) in [5, 5.41) is 5.80. The molecule has 1 aromatic heterocycles. The molecule has 0 saturated carbocycles. The third-order valence-corrected chi connectivity index (χ3v) is 3.04. The van der Waals surface area contributed by atoms with Crippen LogP contribution in [0.3, 0.4) is 0 Å². The van der Waals surface area contributed by atoms with Crippen LogP contribution in [-0.4, -0.2) is 9.78 Å². The molecular weight excluding hydrogens is 224 g/mol. The minimum Gasteiger partial charge on any atom is -0.267 e. The van der Waals surface area contributed by atoms with Gasteiger partial charge in [-0.15, -0.1) is 0 Å². The molecule has 0 spiro atoms. The van der Waals surface area contributed by atoms with E-state index in [0.717, 1.165) is 16.6 Å². The van der Waals surface area contributed by atoms with E-state index < -0.39 is 0 Å². The molecule has 88 valence electrons. The van der Waals surface area contributed by atoms with Gasteiger partial charge in [0.1, 0.15) is 0 Å². The number of hydrogen-bond donors (Lipinski definition) is 0. The van der Waals surface area contributed by atoms with E-state index in [1.807, 2.05) is 55.5 Å². The molecule has 0 saturated heterocycles. The molecule has 0 radical (unpaired) electrons. The predicted molar refractivity (Wildman–Crippen MR) is 72.1 cm³/mol. The minimum absolute atomic E-state index is 0.0811. The lowest BCUT2D eigenvalue weighted by Crippen LogP contribution is -2.21. The number of benzene rings is 2. The Balaban J connectivity index is 2.35. The maximum absolute atomic E-state index is 12.4.